The van der Waals surface area contributed by atoms with E-state index in [1.54, 1.807) is 32.2 Å². The van der Waals surface area contributed by atoms with E-state index in [2.05, 4.69) is 10.3 Å². The Kier molecular flexibility index (Phi) is 7.68. The molecule has 0 fully saturated rings. The van der Waals surface area contributed by atoms with Crippen molar-refractivity contribution in [3.8, 4) is 5.75 Å². The first-order valence-corrected chi connectivity index (χ1v) is 9.19. The molecule has 0 bridgehead atoms. The van der Waals surface area contributed by atoms with Crippen molar-refractivity contribution < 1.29 is 13.2 Å². The summed E-state index contributed by atoms with van der Waals surface area (Å²) < 4.78 is 28.3. The van der Waals surface area contributed by atoms with Crippen molar-refractivity contribution in [2.45, 2.75) is 18.4 Å². The van der Waals surface area contributed by atoms with Crippen molar-refractivity contribution in [2.24, 2.45) is 10.7 Å². The van der Waals surface area contributed by atoms with Gasteiger partial charge in [-0.05, 0) is 48.4 Å². The summed E-state index contributed by atoms with van der Waals surface area (Å²) in [5.41, 5.74) is 8.27. The van der Waals surface area contributed by atoms with E-state index in [1.165, 1.54) is 6.26 Å². The smallest absolute Gasteiger partial charge is 0.193 e. The summed E-state index contributed by atoms with van der Waals surface area (Å²) >= 11 is 0. The minimum atomic E-state index is -3.21. The van der Waals surface area contributed by atoms with E-state index in [0.717, 1.165) is 17.0 Å². The summed E-state index contributed by atoms with van der Waals surface area (Å²) in [4.78, 5) is 4.60. The van der Waals surface area contributed by atoms with E-state index in [0.29, 0.717) is 17.0 Å². The Bertz CT molecular complexity index is 850. The van der Waals surface area contributed by atoms with Gasteiger partial charge in [0.25, 0.3) is 0 Å². The lowest BCUT2D eigenvalue weighted by atomic mass is 10.1. The van der Waals surface area contributed by atoms with Crippen LogP contribution in [0.15, 0.2) is 52.4 Å². The molecule has 0 amide bonds. The Balaban J connectivity index is 0.00000312. The van der Waals surface area contributed by atoms with Crippen LogP contribution in [0, 0.1) is 6.92 Å². The zero-order valence-corrected chi connectivity index (χ0v) is 17.5. The average molecular weight is 475 g/mol. The van der Waals surface area contributed by atoms with Crippen molar-refractivity contribution in [2.75, 3.05) is 18.7 Å². The number of rotatable bonds is 5. The number of nitrogens with zero attached hydrogens (tertiary/aromatic N) is 1. The molecule has 0 aliphatic rings. The normalized spacial score (nSPS) is 11.6. The molecule has 0 aromatic heterocycles. The molecule has 0 atom stereocenters. The topological polar surface area (TPSA) is 93.8 Å². The molecule has 2 aromatic carbocycles. The number of hydrogen-bond acceptors (Lipinski definition) is 4. The number of nitrogens with one attached hydrogen (secondary N) is 1. The molecule has 0 unspecified atom stereocenters. The minimum Gasteiger partial charge on any atom is -0.497 e. The second kappa shape index (κ2) is 9.04. The van der Waals surface area contributed by atoms with Gasteiger partial charge >= 0.3 is 0 Å². The summed E-state index contributed by atoms with van der Waals surface area (Å²) in [5, 5.41) is 2.99. The Morgan fingerprint density at radius 1 is 1.20 bits per heavy atom. The molecule has 6 nitrogen and oxygen atoms in total. The van der Waals surface area contributed by atoms with Crippen LogP contribution in [0.5, 0.6) is 5.75 Å². The van der Waals surface area contributed by atoms with E-state index in [9.17, 15) is 8.42 Å². The molecule has 0 saturated heterocycles. The highest BCUT2D eigenvalue weighted by Gasteiger charge is 2.10. The van der Waals surface area contributed by atoms with E-state index in [1.807, 2.05) is 24.3 Å². The van der Waals surface area contributed by atoms with Crippen LogP contribution in [-0.2, 0) is 16.4 Å². The number of aliphatic imine (C=N–C) groups is 1. The number of methoxy groups -OCH3 is 1. The third kappa shape index (κ3) is 6.20. The van der Waals surface area contributed by atoms with Gasteiger partial charge in [-0.3, -0.25) is 0 Å². The Hall–Kier alpha value is -1.81. The van der Waals surface area contributed by atoms with Crippen LogP contribution < -0.4 is 15.8 Å². The van der Waals surface area contributed by atoms with Crippen LogP contribution in [0.2, 0.25) is 0 Å². The van der Waals surface area contributed by atoms with Gasteiger partial charge in [0.05, 0.1) is 18.6 Å². The van der Waals surface area contributed by atoms with Crippen LogP contribution >= 0.6 is 24.0 Å². The first-order valence-electron chi connectivity index (χ1n) is 7.30. The molecule has 2 rings (SSSR count). The zero-order valence-electron chi connectivity index (χ0n) is 14.3. The van der Waals surface area contributed by atoms with Gasteiger partial charge in [-0.2, -0.15) is 0 Å². The van der Waals surface area contributed by atoms with Crippen molar-refractivity contribution in [3.63, 3.8) is 0 Å². The van der Waals surface area contributed by atoms with Crippen LogP contribution in [0.1, 0.15) is 11.1 Å². The maximum Gasteiger partial charge on any atom is 0.193 e. The monoisotopic (exact) mass is 475 g/mol. The molecule has 3 N–H and O–H groups in total. The summed E-state index contributed by atoms with van der Waals surface area (Å²) in [5.74, 6) is 1.04. The zero-order chi connectivity index (χ0) is 17.7. The quantitative estimate of drug-likeness (QED) is 0.394. The van der Waals surface area contributed by atoms with E-state index in [4.69, 9.17) is 10.5 Å². The fraction of sp³-hybridized carbons (Fsp3) is 0.235. The highest BCUT2D eigenvalue weighted by Crippen LogP contribution is 2.17. The number of hydrogen-bond donors (Lipinski definition) is 2. The molecule has 0 spiro atoms. The lowest BCUT2D eigenvalue weighted by Gasteiger charge is -2.08. The van der Waals surface area contributed by atoms with Gasteiger partial charge in [-0.1, -0.05) is 12.1 Å². The molecule has 25 heavy (non-hydrogen) atoms. The van der Waals surface area contributed by atoms with E-state index >= 15 is 0 Å². The van der Waals surface area contributed by atoms with Crippen molar-refractivity contribution in [1.82, 2.24) is 0 Å². The van der Waals surface area contributed by atoms with Crippen molar-refractivity contribution in [1.29, 1.82) is 0 Å². The van der Waals surface area contributed by atoms with E-state index < -0.39 is 9.84 Å². The first kappa shape index (κ1) is 21.2. The van der Waals surface area contributed by atoms with Crippen LogP contribution in [0.25, 0.3) is 0 Å². The largest absolute Gasteiger partial charge is 0.497 e. The molecule has 0 aliphatic heterocycles. The fourth-order valence-electron chi connectivity index (χ4n) is 2.26. The van der Waals surface area contributed by atoms with Gasteiger partial charge < -0.3 is 15.8 Å². The average Bonchev–Trinajstić information content (AvgIpc) is 2.52. The molecule has 0 radical (unpaired) electrons. The number of benzene rings is 2. The number of halogens is 1. The van der Waals surface area contributed by atoms with Gasteiger partial charge in [0.15, 0.2) is 15.8 Å². The molecule has 0 saturated carbocycles. The van der Waals surface area contributed by atoms with Crippen LogP contribution in [0.3, 0.4) is 0 Å². The van der Waals surface area contributed by atoms with Gasteiger partial charge in [-0.15, -0.1) is 24.0 Å². The van der Waals surface area contributed by atoms with Crippen molar-refractivity contribution >= 4 is 45.5 Å². The number of anilines is 1. The maximum atomic E-state index is 11.6. The summed E-state index contributed by atoms with van der Waals surface area (Å²) in [6.45, 7) is 2.13. The van der Waals surface area contributed by atoms with Gasteiger partial charge in [0.2, 0.25) is 0 Å². The first-order chi connectivity index (χ1) is 11.3. The minimum absolute atomic E-state index is 0. The third-order valence-electron chi connectivity index (χ3n) is 3.43. The summed E-state index contributed by atoms with van der Waals surface area (Å²) in [7, 11) is -1.60. The van der Waals surface area contributed by atoms with Crippen LogP contribution in [-0.4, -0.2) is 27.7 Å². The molecule has 0 aliphatic carbocycles. The maximum absolute atomic E-state index is 11.6. The second-order valence-corrected chi connectivity index (χ2v) is 7.41. The Labute approximate surface area is 165 Å². The standard InChI is InChI=1S/C17H21N3O3S.HI/c1-12-10-13(4-9-16(12)24(3,21)22)11-19-17(18)20-14-5-7-15(23-2)8-6-14;/h4-10H,11H2,1-3H3,(H3,18,19,20);1H. The fourth-order valence-corrected chi connectivity index (χ4v) is 3.22. The Morgan fingerprint density at radius 3 is 2.36 bits per heavy atom. The third-order valence-corrected chi connectivity index (χ3v) is 4.69. The second-order valence-electron chi connectivity index (χ2n) is 5.43. The number of guanidine groups is 1. The SMILES string of the molecule is COc1ccc(NC(N)=NCc2ccc(S(C)(=O)=O)c(C)c2)cc1.I. The number of nitrogens with two attached hydrogens (primary N) is 1. The summed E-state index contributed by atoms with van der Waals surface area (Å²) in [6, 6.07) is 12.5. The molecular formula is C17H22IN3O3S. The van der Waals surface area contributed by atoms with Crippen LogP contribution in [0.4, 0.5) is 5.69 Å². The van der Waals surface area contributed by atoms with E-state index in [-0.39, 0.29) is 29.9 Å². The summed E-state index contributed by atoms with van der Waals surface area (Å²) in [6.07, 6.45) is 1.20. The number of aryl methyl sites for hydroxylation is 1. The predicted octanol–water partition coefficient (Wildman–Crippen LogP) is 2.95. The lowest BCUT2D eigenvalue weighted by molar-refractivity contribution is 0.415. The molecule has 136 valence electrons. The van der Waals surface area contributed by atoms with Gasteiger partial charge in [-0.25, -0.2) is 13.4 Å². The molecule has 8 heteroatoms. The Morgan fingerprint density at radius 2 is 1.84 bits per heavy atom. The number of sulfone groups is 1. The molecule has 2 aromatic rings. The highest BCUT2D eigenvalue weighted by molar-refractivity contribution is 14.0. The molecular weight excluding hydrogens is 453 g/mol. The van der Waals surface area contributed by atoms with Crippen molar-refractivity contribution in [3.05, 3.63) is 53.6 Å². The molecule has 0 heterocycles. The van der Waals surface area contributed by atoms with Gasteiger partial charge in [0, 0.05) is 11.9 Å². The van der Waals surface area contributed by atoms with Gasteiger partial charge in [0.1, 0.15) is 5.75 Å². The lowest BCUT2D eigenvalue weighted by Crippen LogP contribution is -2.22. The highest BCUT2D eigenvalue weighted by atomic mass is 127. The number of ether oxygens (including phenoxy) is 1. The predicted molar refractivity (Wildman–Crippen MR) is 112 cm³/mol.